The maximum atomic E-state index is 11.6. The quantitative estimate of drug-likeness (QED) is 0.632. The highest BCUT2D eigenvalue weighted by Crippen LogP contribution is 2.18. The molecule has 2 N–H and O–H groups in total. The molecule has 0 radical (unpaired) electrons. The maximum Gasteiger partial charge on any atom is 0.327 e. The van der Waals surface area contributed by atoms with Crippen molar-refractivity contribution < 1.29 is 23.1 Å². The summed E-state index contributed by atoms with van der Waals surface area (Å²) in [7, 11) is -3.16. The smallest absolute Gasteiger partial charge is 0.327 e. The first-order valence-electron chi connectivity index (χ1n) is 5.03. The van der Waals surface area contributed by atoms with Crippen LogP contribution < -0.4 is 5.32 Å². The number of nitrogens with one attached hydrogen (secondary N) is 1. The zero-order chi connectivity index (χ0) is 13.1. The van der Waals surface area contributed by atoms with Crippen LogP contribution in [-0.2, 0) is 19.4 Å². The molecule has 0 aromatic heterocycles. The second-order valence-electron chi connectivity index (χ2n) is 3.91. The molecule has 2 atom stereocenters. The van der Waals surface area contributed by atoms with E-state index in [0.717, 1.165) is 0 Å². The Balaban J connectivity index is 2.60. The summed E-state index contributed by atoms with van der Waals surface area (Å²) < 4.78 is 22.3. The normalized spacial score (nSPS) is 23.6. The second-order valence-corrected chi connectivity index (χ2v) is 6.14. The predicted molar refractivity (Wildman–Crippen MR) is 59.8 cm³/mol. The fraction of sp³-hybridized carbons (Fsp3) is 0.600. The zero-order valence-corrected chi connectivity index (χ0v) is 9.87. The van der Waals surface area contributed by atoms with Crippen LogP contribution in [0.5, 0.6) is 0 Å². The van der Waals surface area contributed by atoms with E-state index in [1.54, 1.807) is 0 Å². The average Bonchev–Trinajstić information content (AvgIpc) is 2.58. The van der Waals surface area contributed by atoms with Crippen LogP contribution in [0.1, 0.15) is 12.8 Å². The van der Waals surface area contributed by atoms with Crippen LogP contribution in [0.25, 0.3) is 0 Å². The first-order valence-corrected chi connectivity index (χ1v) is 6.85. The van der Waals surface area contributed by atoms with Crippen LogP contribution in [0.4, 0.5) is 0 Å². The lowest BCUT2D eigenvalue weighted by Gasteiger charge is -2.14. The maximum absolute atomic E-state index is 11.6. The molecule has 2 unspecified atom stereocenters. The van der Waals surface area contributed by atoms with Gasteiger partial charge in [-0.25, -0.2) is 13.2 Å². The number of aliphatic carboxylic acids is 1. The lowest BCUT2D eigenvalue weighted by Crippen LogP contribution is -2.43. The summed E-state index contributed by atoms with van der Waals surface area (Å²) in [5.41, 5.74) is 0. The molecule has 0 spiro atoms. The molecule has 1 saturated heterocycles. The van der Waals surface area contributed by atoms with E-state index >= 15 is 0 Å². The van der Waals surface area contributed by atoms with Crippen molar-refractivity contribution in [3.8, 4) is 12.3 Å². The zero-order valence-electron chi connectivity index (χ0n) is 9.05. The molecule has 7 heteroatoms. The Bertz CT molecular complexity index is 462. The van der Waals surface area contributed by atoms with E-state index in [2.05, 4.69) is 11.2 Å². The number of rotatable bonds is 4. The molecule has 6 nitrogen and oxygen atoms in total. The van der Waals surface area contributed by atoms with Crippen molar-refractivity contribution in [2.24, 2.45) is 5.92 Å². The number of carbonyl (C=O) groups excluding carboxylic acids is 1. The van der Waals surface area contributed by atoms with Gasteiger partial charge in [-0.3, -0.25) is 4.79 Å². The Morgan fingerprint density at radius 1 is 1.53 bits per heavy atom. The number of hydrogen-bond acceptors (Lipinski definition) is 4. The standard InChI is InChI=1S/C10H13NO5S/c1-2-3-8(10(13)14)11-9(12)7-4-5-17(15,16)6-7/h1,7-8H,3-6H2,(H,11,12)(H,13,14). The van der Waals surface area contributed by atoms with Gasteiger partial charge in [-0.2, -0.15) is 0 Å². The minimum atomic E-state index is -3.16. The molecule has 0 aliphatic carbocycles. The fourth-order valence-corrected chi connectivity index (χ4v) is 3.35. The van der Waals surface area contributed by atoms with Crippen LogP contribution in [0, 0.1) is 18.3 Å². The topological polar surface area (TPSA) is 101 Å². The molecule has 1 aliphatic rings. The van der Waals surface area contributed by atoms with E-state index in [4.69, 9.17) is 11.5 Å². The third kappa shape index (κ3) is 3.75. The number of sulfone groups is 1. The first-order chi connectivity index (χ1) is 7.85. The molecular weight excluding hydrogens is 246 g/mol. The fourth-order valence-electron chi connectivity index (χ4n) is 1.61. The van der Waals surface area contributed by atoms with Crippen LogP contribution in [-0.4, -0.2) is 42.9 Å². The minimum absolute atomic E-state index is 0.0298. The lowest BCUT2D eigenvalue weighted by molar-refractivity contribution is -0.142. The summed E-state index contributed by atoms with van der Waals surface area (Å²) in [5, 5.41) is 11.0. The van der Waals surface area contributed by atoms with Crippen molar-refractivity contribution in [1.29, 1.82) is 0 Å². The van der Waals surface area contributed by atoms with Gasteiger partial charge < -0.3 is 10.4 Å². The van der Waals surface area contributed by atoms with E-state index in [-0.39, 0.29) is 24.3 Å². The second kappa shape index (κ2) is 5.19. The first kappa shape index (κ1) is 13.5. The van der Waals surface area contributed by atoms with Gasteiger partial charge in [0.2, 0.25) is 5.91 Å². The van der Waals surface area contributed by atoms with Crippen molar-refractivity contribution in [3.05, 3.63) is 0 Å². The summed E-state index contributed by atoms with van der Waals surface area (Å²) in [6.45, 7) is 0. The predicted octanol–water partition coefficient (Wildman–Crippen LogP) is -0.986. The van der Waals surface area contributed by atoms with Crippen LogP contribution in [0.15, 0.2) is 0 Å². The lowest BCUT2D eigenvalue weighted by atomic mass is 10.1. The van der Waals surface area contributed by atoms with Crippen molar-refractivity contribution in [3.63, 3.8) is 0 Å². The summed E-state index contributed by atoms with van der Waals surface area (Å²) in [4.78, 5) is 22.4. The highest BCUT2D eigenvalue weighted by Gasteiger charge is 2.34. The van der Waals surface area contributed by atoms with E-state index in [1.807, 2.05) is 0 Å². The Kier molecular flexibility index (Phi) is 4.12. The van der Waals surface area contributed by atoms with Crippen molar-refractivity contribution in [1.82, 2.24) is 5.32 Å². The van der Waals surface area contributed by atoms with E-state index < -0.39 is 33.7 Å². The Labute approximate surface area is 99.3 Å². The number of amides is 1. The highest BCUT2D eigenvalue weighted by atomic mass is 32.2. The number of terminal acetylenes is 1. The van der Waals surface area contributed by atoms with Crippen molar-refractivity contribution in [2.45, 2.75) is 18.9 Å². The summed E-state index contributed by atoms with van der Waals surface area (Å²) in [5.74, 6) is -0.557. The summed E-state index contributed by atoms with van der Waals surface area (Å²) >= 11 is 0. The van der Waals surface area contributed by atoms with Crippen LogP contribution in [0.3, 0.4) is 0 Å². The van der Waals surface area contributed by atoms with Gasteiger partial charge in [0.05, 0.1) is 17.4 Å². The largest absolute Gasteiger partial charge is 0.480 e. The van der Waals surface area contributed by atoms with E-state index in [1.165, 1.54) is 0 Å². The van der Waals surface area contributed by atoms with Crippen LogP contribution >= 0.6 is 0 Å². The molecule has 0 aromatic carbocycles. The Morgan fingerprint density at radius 2 is 2.18 bits per heavy atom. The van der Waals surface area contributed by atoms with Gasteiger partial charge >= 0.3 is 5.97 Å². The van der Waals surface area contributed by atoms with Gasteiger partial charge in [-0.05, 0) is 6.42 Å². The van der Waals surface area contributed by atoms with Crippen LogP contribution in [0.2, 0.25) is 0 Å². The van der Waals surface area contributed by atoms with Gasteiger partial charge in [0.1, 0.15) is 6.04 Å². The molecule has 1 aliphatic heterocycles. The van der Waals surface area contributed by atoms with Gasteiger partial charge in [0.15, 0.2) is 9.84 Å². The molecule has 0 aromatic rings. The molecule has 1 heterocycles. The number of carboxylic acid groups (broad SMARTS) is 1. The van der Waals surface area contributed by atoms with Gasteiger partial charge in [0.25, 0.3) is 0 Å². The SMILES string of the molecule is C#CCC(NC(=O)C1CCS(=O)(=O)C1)C(=O)O. The minimum Gasteiger partial charge on any atom is -0.480 e. The van der Waals surface area contributed by atoms with Gasteiger partial charge in [-0.1, -0.05) is 0 Å². The Hall–Kier alpha value is -1.55. The molecule has 1 amide bonds. The van der Waals surface area contributed by atoms with E-state index in [9.17, 15) is 18.0 Å². The third-order valence-corrected chi connectivity index (χ3v) is 4.31. The molecular formula is C10H13NO5S. The monoisotopic (exact) mass is 259 g/mol. The third-order valence-electron chi connectivity index (χ3n) is 2.54. The Morgan fingerprint density at radius 3 is 2.59 bits per heavy atom. The summed E-state index contributed by atoms with van der Waals surface area (Å²) in [6, 6.07) is -1.16. The molecule has 0 bridgehead atoms. The molecule has 1 fully saturated rings. The molecule has 17 heavy (non-hydrogen) atoms. The molecule has 1 rings (SSSR count). The number of carboxylic acids is 1. The molecule has 0 saturated carbocycles. The average molecular weight is 259 g/mol. The number of hydrogen-bond donors (Lipinski definition) is 2. The highest BCUT2D eigenvalue weighted by molar-refractivity contribution is 7.91. The van der Waals surface area contributed by atoms with Crippen molar-refractivity contribution >= 4 is 21.7 Å². The van der Waals surface area contributed by atoms with Gasteiger partial charge in [-0.15, -0.1) is 12.3 Å². The number of carbonyl (C=O) groups is 2. The summed E-state index contributed by atoms with van der Waals surface area (Å²) in [6.07, 6.45) is 5.09. The molecule has 94 valence electrons. The van der Waals surface area contributed by atoms with Gasteiger partial charge in [0, 0.05) is 6.42 Å². The van der Waals surface area contributed by atoms with Crippen molar-refractivity contribution in [2.75, 3.05) is 11.5 Å². The van der Waals surface area contributed by atoms with E-state index in [0.29, 0.717) is 0 Å².